The second-order valence-corrected chi connectivity index (χ2v) is 6.94. The van der Waals surface area contributed by atoms with Gasteiger partial charge in [-0.3, -0.25) is 4.79 Å². The van der Waals surface area contributed by atoms with Crippen LogP contribution in [0.3, 0.4) is 0 Å². The summed E-state index contributed by atoms with van der Waals surface area (Å²) in [5, 5.41) is 6.21. The molecule has 0 spiro atoms. The van der Waals surface area contributed by atoms with E-state index in [0.717, 1.165) is 56.3 Å². The van der Waals surface area contributed by atoms with E-state index in [1.54, 1.807) is 12.1 Å². The highest BCUT2D eigenvalue weighted by molar-refractivity contribution is 14.0. The number of carbonyl (C=O) groups excluding carboxylic acids is 1. The number of hydrogen-bond donors (Lipinski definition) is 2. The topological polar surface area (TPSA) is 79.1 Å². The van der Waals surface area contributed by atoms with E-state index in [1.165, 1.54) is 6.26 Å². The van der Waals surface area contributed by atoms with Crippen LogP contribution in [-0.2, 0) is 11.3 Å². The number of furan rings is 1. The van der Waals surface area contributed by atoms with Crippen LogP contribution in [0, 0.1) is 0 Å². The summed E-state index contributed by atoms with van der Waals surface area (Å²) >= 11 is 0. The first-order chi connectivity index (χ1) is 14.2. The van der Waals surface area contributed by atoms with Gasteiger partial charge in [0.15, 0.2) is 11.7 Å². The van der Waals surface area contributed by atoms with E-state index in [1.807, 2.05) is 31.2 Å². The largest absolute Gasteiger partial charge is 0.459 e. The molecule has 1 amide bonds. The number of piperidine rings is 1. The summed E-state index contributed by atoms with van der Waals surface area (Å²) in [4.78, 5) is 19.1. The Morgan fingerprint density at radius 1 is 1.20 bits per heavy atom. The molecule has 2 aromatic rings. The third kappa shape index (κ3) is 7.02. The van der Waals surface area contributed by atoms with Gasteiger partial charge in [-0.05, 0) is 56.5 Å². The minimum atomic E-state index is -0.259. The van der Waals surface area contributed by atoms with E-state index in [4.69, 9.17) is 14.1 Å². The number of likely N-dealkylation sites (tertiary alicyclic amines) is 1. The summed E-state index contributed by atoms with van der Waals surface area (Å²) in [5.41, 5.74) is 1.81. The fraction of sp³-hybridized carbons (Fsp3) is 0.455. The zero-order valence-electron chi connectivity index (χ0n) is 17.6. The molecule has 3 rings (SSSR count). The minimum Gasteiger partial charge on any atom is -0.459 e. The second-order valence-electron chi connectivity index (χ2n) is 6.94. The summed E-state index contributed by atoms with van der Waals surface area (Å²) in [5.74, 6) is 0.977. The molecule has 0 unspecified atom stereocenters. The van der Waals surface area contributed by atoms with Gasteiger partial charge < -0.3 is 24.7 Å². The maximum atomic E-state index is 12.0. The SMILES string of the molecule is CCNC(=NCc1ccc(NC(=O)c2ccco2)cc1)N1CCC(OCC)CC1.I. The summed E-state index contributed by atoms with van der Waals surface area (Å²) < 4.78 is 10.8. The number of anilines is 1. The zero-order chi connectivity index (χ0) is 20.5. The molecule has 2 heterocycles. The van der Waals surface area contributed by atoms with Crippen molar-refractivity contribution >= 4 is 41.5 Å². The average molecular weight is 526 g/mol. The fourth-order valence-corrected chi connectivity index (χ4v) is 3.36. The van der Waals surface area contributed by atoms with Crippen LogP contribution < -0.4 is 10.6 Å². The molecular formula is C22H31IN4O3. The van der Waals surface area contributed by atoms with Crippen molar-refractivity contribution in [2.45, 2.75) is 39.3 Å². The molecule has 0 bridgehead atoms. The second kappa shape index (κ2) is 12.6. The Morgan fingerprint density at radius 3 is 2.53 bits per heavy atom. The summed E-state index contributed by atoms with van der Waals surface area (Å²) in [6.45, 7) is 8.23. The highest BCUT2D eigenvalue weighted by Crippen LogP contribution is 2.15. The van der Waals surface area contributed by atoms with Gasteiger partial charge in [-0.2, -0.15) is 0 Å². The van der Waals surface area contributed by atoms with E-state index in [-0.39, 0.29) is 29.9 Å². The fourth-order valence-electron chi connectivity index (χ4n) is 3.36. The standard InChI is InChI=1S/C22H30N4O3.HI/c1-3-23-22(26-13-11-19(12-14-26)28-4-2)24-16-17-7-9-18(10-8-17)25-21(27)20-6-5-15-29-20;/h5-10,15,19H,3-4,11-14,16H2,1-2H3,(H,23,24)(H,25,27);1H. The van der Waals surface area contributed by atoms with E-state index in [0.29, 0.717) is 18.4 Å². The first kappa shape index (κ1) is 24.2. The number of guanidine groups is 1. The van der Waals surface area contributed by atoms with Crippen LogP contribution >= 0.6 is 24.0 Å². The number of rotatable bonds is 7. The van der Waals surface area contributed by atoms with Crippen molar-refractivity contribution in [2.75, 3.05) is 31.6 Å². The molecule has 0 atom stereocenters. The zero-order valence-corrected chi connectivity index (χ0v) is 19.9. The third-order valence-electron chi connectivity index (χ3n) is 4.85. The van der Waals surface area contributed by atoms with Gasteiger partial charge in [0, 0.05) is 31.9 Å². The molecule has 1 aromatic heterocycles. The van der Waals surface area contributed by atoms with Crippen molar-refractivity contribution < 1.29 is 13.9 Å². The van der Waals surface area contributed by atoms with Crippen LogP contribution in [-0.4, -0.2) is 49.1 Å². The van der Waals surface area contributed by atoms with Gasteiger partial charge in [0.05, 0.1) is 18.9 Å². The van der Waals surface area contributed by atoms with Crippen molar-refractivity contribution in [3.63, 3.8) is 0 Å². The third-order valence-corrected chi connectivity index (χ3v) is 4.85. The first-order valence-corrected chi connectivity index (χ1v) is 10.3. The van der Waals surface area contributed by atoms with Gasteiger partial charge >= 0.3 is 0 Å². The maximum absolute atomic E-state index is 12.0. The highest BCUT2D eigenvalue weighted by atomic mass is 127. The van der Waals surface area contributed by atoms with Gasteiger partial charge in [0.1, 0.15) is 0 Å². The molecule has 164 valence electrons. The predicted octanol–water partition coefficient (Wildman–Crippen LogP) is 4.12. The monoisotopic (exact) mass is 526 g/mol. The molecule has 7 nitrogen and oxygen atoms in total. The number of aliphatic imine (C=N–C) groups is 1. The number of hydrogen-bond acceptors (Lipinski definition) is 4. The number of carbonyl (C=O) groups is 1. The number of benzene rings is 1. The number of ether oxygens (including phenoxy) is 1. The Morgan fingerprint density at radius 2 is 1.93 bits per heavy atom. The van der Waals surface area contributed by atoms with Gasteiger partial charge in [-0.1, -0.05) is 12.1 Å². The first-order valence-electron chi connectivity index (χ1n) is 10.3. The van der Waals surface area contributed by atoms with Gasteiger partial charge in [0.2, 0.25) is 0 Å². The highest BCUT2D eigenvalue weighted by Gasteiger charge is 2.21. The molecule has 1 fully saturated rings. The number of nitrogens with zero attached hydrogens (tertiary/aromatic N) is 2. The van der Waals surface area contributed by atoms with Crippen molar-refractivity contribution in [1.82, 2.24) is 10.2 Å². The normalized spacial score (nSPS) is 14.9. The molecule has 1 aliphatic heterocycles. The van der Waals surface area contributed by atoms with E-state index in [2.05, 4.69) is 22.5 Å². The average Bonchev–Trinajstić information content (AvgIpc) is 3.28. The lowest BCUT2D eigenvalue weighted by Crippen LogP contribution is -2.47. The van der Waals surface area contributed by atoms with Crippen LogP contribution in [0.1, 0.15) is 42.8 Å². The van der Waals surface area contributed by atoms with E-state index in [9.17, 15) is 4.79 Å². The van der Waals surface area contributed by atoms with Crippen molar-refractivity contribution in [1.29, 1.82) is 0 Å². The summed E-state index contributed by atoms with van der Waals surface area (Å²) in [7, 11) is 0. The summed E-state index contributed by atoms with van der Waals surface area (Å²) in [6, 6.07) is 11.0. The maximum Gasteiger partial charge on any atom is 0.291 e. The van der Waals surface area contributed by atoms with Crippen LogP contribution in [0.25, 0.3) is 0 Å². The van der Waals surface area contributed by atoms with Gasteiger partial charge in [-0.25, -0.2) is 4.99 Å². The lowest BCUT2D eigenvalue weighted by atomic mass is 10.1. The number of nitrogens with one attached hydrogen (secondary N) is 2. The van der Waals surface area contributed by atoms with Crippen LogP contribution in [0.2, 0.25) is 0 Å². The van der Waals surface area contributed by atoms with Crippen LogP contribution in [0.15, 0.2) is 52.1 Å². The quantitative estimate of drug-likeness (QED) is 0.323. The lowest BCUT2D eigenvalue weighted by Gasteiger charge is -2.34. The Balaban J connectivity index is 0.00000320. The molecule has 0 aliphatic carbocycles. The Bertz CT molecular complexity index is 785. The molecule has 0 saturated carbocycles. The lowest BCUT2D eigenvalue weighted by molar-refractivity contribution is 0.0263. The van der Waals surface area contributed by atoms with E-state index >= 15 is 0 Å². The van der Waals surface area contributed by atoms with Crippen LogP contribution in [0.5, 0.6) is 0 Å². The van der Waals surface area contributed by atoms with Gasteiger partial charge in [0.25, 0.3) is 5.91 Å². The molecule has 0 radical (unpaired) electrons. The molecule has 2 N–H and O–H groups in total. The number of halogens is 1. The van der Waals surface area contributed by atoms with Gasteiger partial charge in [-0.15, -0.1) is 24.0 Å². The summed E-state index contributed by atoms with van der Waals surface area (Å²) in [6.07, 6.45) is 3.91. The Kier molecular flexibility index (Phi) is 10.2. The number of amides is 1. The molecule has 1 aliphatic rings. The molecule has 8 heteroatoms. The van der Waals surface area contributed by atoms with Crippen molar-refractivity contribution in [2.24, 2.45) is 4.99 Å². The minimum absolute atomic E-state index is 0. The molecular weight excluding hydrogens is 495 g/mol. The van der Waals surface area contributed by atoms with Crippen LogP contribution in [0.4, 0.5) is 5.69 Å². The molecule has 1 aromatic carbocycles. The Labute approximate surface area is 195 Å². The predicted molar refractivity (Wildman–Crippen MR) is 130 cm³/mol. The Hall–Kier alpha value is -2.07. The smallest absolute Gasteiger partial charge is 0.291 e. The van der Waals surface area contributed by atoms with E-state index < -0.39 is 0 Å². The molecule has 1 saturated heterocycles. The molecule has 30 heavy (non-hydrogen) atoms. The van der Waals surface area contributed by atoms with Crippen molar-refractivity contribution in [3.05, 3.63) is 54.0 Å². The van der Waals surface area contributed by atoms with Crippen molar-refractivity contribution in [3.8, 4) is 0 Å².